The molecular formula is C22H32O4. The van der Waals surface area contributed by atoms with E-state index < -0.39 is 18.2 Å². The van der Waals surface area contributed by atoms with Crippen LogP contribution in [0.4, 0.5) is 0 Å². The van der Waals surface area contributed by atoms with Gasteiger partial charge in [-0.2, -0.15) is 0 Å². The lowest BCUT2D eigenvalue weighted by Gasteiger charge is -2.00. The van der Waals surface area contributed by atoms with Gasteiger partial charge < -0.3 is 15.3 Å². The predicted octanol–water partition coefficient (Wildman–Crippen LogP) is 4.49. The first-order chi connectivity index (χ1) is 12.6. The molecule has 2 unspecified atom stereocenters. The lowest BCUT2D eigenvalue weighted by atomic mass is 10.2. The summed E-state index contributed by atoms with van der Waals surface area (Å²) in [5, 5.41) is 27.7. The number of aliphatic hydroxyl groups excluding tert-OH is 2. The molecular weight excluding hydrogens is 328 g/mol. The fraction of sp³-hybridized carbons (Fsp3) is 0.409. The van der Waals surface area contributed by atoms with Gasteiger partial charge in [-0.3, -0.25) is 4.79 Å². The van der Waals surface area contributed by atoms with Crippen LogP contribution < -0.4 is 0 Å². The highest BCUT2D eigenvalue weighted by Crippen LogP contribution is 2.00. The third-order valence-electron chi connectivity index (χ3n) is 3.31. The summed E-state index contributed by atoms with van der Waals surface area (Å²) in [6.45, 7) is 2.07. The van der Waals surface area contributed by atoms with Gasteiger partial charge in [-0.05, 0) is 32.1 Å². The van der Waals surface area contributed by atoms with E-state index in [0.717, 1.165) is 19.3 Å². The molecule has 144 valence electrons. The molecule has 0 rings (SSSR count). The van der Waals surface area contributed by atoms with Crippen LogP contribution in [0.2, 0.25) is 0 Å². The molecule has 0 saturated carbocycles. The largest absolute Gasteiger partial charge is 0.481 e. The zero-order chi connectivity index (χ0) is 19.5. The molecule has 0 fully saturated rings. The van der Waals surface area contributed by atoms with E-state index in [9.17, 15) is 15.0 Å². The fourth-order valence-corrected chi connectivity index (χ4v) is 1.90. The normalized spacial score (nSPS) is 15.5. The van der Waals surface area contributed by atoms with E-state index in [0.29, 0.717) is 6.42 Å². The van der Waals surface area contributed by atoms with Gasteiger partial charge in [-0.25, -0.2) is 0 Å². The first kappa shape index (κ1) is 23.8. The first-order valence-electron chi connectivity index (χ1n) is 9.10. The zero-order valence-electron chi connectivity index (χ0n) is 15.6. The van der Waals surface area contributed by atoms with Crippen molar-refractivity contribution in [1.82, 2.24) is 0 Å². The molecule has 0 aromatic rings. The smallest absolute Gasteiger partial charge is 0.303 e. The third-order valence-corrected chi connectivity index (χ3v) is 3.31. The highest BCUT2D eigenvalue weighted by Gasteiger charge is 2.02. The summed E-state index contributed by atoms with van der Waals surface area (Å²) in [5.74, 6) is -0.900. The zero-order valence-corrected chi connectivity index (χ0v) is 15.6. The van der Waals surface area contributed by atoms with Crippen molar-refractivity contribution in [2.75, 3.05) is 0 Å². The Labute approximate surface area is 157 Å². The minimum atomic E-state index is -0.900. The maximum Gasteiger partial charge on any atom is 0.303 e. The number of hydrogen-bond donors (Lipinski definition) is 3. The molecule has 4 nitrogen and oxygen atoms in total. The Hall–Kier alpha value is -2.17. The summed E-state index contributed by atoms with van der Waals surface area (Å²) in [6.07, 6.45) is 25.1. The topological polar surface area (TPSA) is 77.8 Å². The van der Waals surface area contributed by atoms with Crippen LogP contribution in [0.25, 0.3) is 0 Å². The summed E-state index contributed by atoms with van der Waals surface area (Å²) in [7, 11) is 0. The van der Waals surface area contributed by atoms with Crippen molar-refractivity contribution in [3.63, 3.8) is 0 Å². The van der Waals surface area contributed by atoms with Crippen molar-refractivity contribution in [1.29, 1.82) is 0 Å². The van der Waals surface area contributed by atoms with E-state index in [1.807, 2.05) is 48.6 Å². The van der Waals surface area contributed by atoms with Crippen LogP contribution in [0, 0.1) is 0 Å². The molecule has 4 heteroatoms. The summed E-state index contributed by atoms with van der Waals surface area (Å²) in [5.41, 5.74) is 0. The Kier molecular flexibility index (Phi) is 16.2. The van der Waals surface area contributed by atoms with Gasteiger partial charge in [0.05, 0.1) is 12.2 Å². The van der Waals surface area contributed by atoms with Crippen molar-refractivity contribution in [2.24, 2.45) is 0 Å². The average Bonchev–Trinajstić information content (AvgIpc) is 2.61. The van der Waals surface area contributed by atoms with Crippen molar-refractivity contribution < 1.29 is 20.1 Å². The van der Waals surface area contributed by atoms with Crippen molar-refractivity contribution in [2.45, 2.75) is 57.7 Å². The van der Waals surface area contributed by atoms with E-state index in [-0.39, 0.29) is 12.8 Å². The number of aliphatic carboxylic acids is 1. The Bertz CT molecular complexity index is 524. The lowest BCUT2D eigenvalue weighted by Crippen LogP contribution is -2.05. The summed E-state index contributed by atoms with van der Waals surface area (Å²) < 4.78 is 0. The molecule has 0 amide bonds. The number of allylic oxidation sites excluding steroid dienone is 9. The van der Waals surface area contributed by atoms with E-state index in [4.69, 9.17) is 5.11 Å². The number of carboxylic acid groups (broad SMARTS) is 1. The van der Waals surface area contributed by atoms with Crippen LogP contribution >= 0.6 is 0 Å². The van der Waals surface area contributed by atoms with Crippen molar-refractivity contribution >= 4 is 5.97 Å². The second kappa shape index (κ2) is 17.6. The Morgan fingerprint density at radius 1 is 0.808 bits per heavy atom. The number of carboxylic acids is 1. The lowest BCUT2D eigenvalue weighted by molar-refractivity contribution is -0.137. The van der Waals surface area contributed by atoms with Crippen LogP contribution in [-0.4, -0.2) is 33.5 Å². The van der Waals surface area contributed by atoms with E-state index in [1.54, 1.807) is 18.2 Å². The van der Waals surface area contributed by atoms with Gasteiger partial charge in [0.2, 0.25) is 0 Å². The maximum absolute atomic E-state index is 10.4. The highest BCUT2D eigenvalue weighted by molar-refractivity contribution is 5.66. The third kappa shape index (κ3) is 18.2. The summed E-state index contributed by atoms with van der Waals surface area (Å²) in [4.78, 5) is 10.4. The molecule has 3 N–H and O–H groups in total. The van der Waals surface area contributed by atoms with Crippen molar-refractivity contribution in [3.8, 4) is 0 Å². The molecule has 0 bridgehead atoms. The summed E-state index contributed by atoms with van der Waals surface area (Å²) >= 11 is 0. The molecule has 0 aromatic carbocycles. The van der Waals surface area contributed by atoms with Crippen LogP contribution in [-0.2, 0) is 4.79 Å². The number of hydrogen-bond acceptors (Lipinski definition) is 3. The molecule has 2 atom stereocenters. The first-order valence-corrected chi connectivity index (χ1v) is 9.10. The van der Waals surface area contributed by atoms with Crippen LogP contribution in [0.15, 0.2) is 72.9 Å². The van der Waals surface area contributed by atoms with Gasteiger partial charge >= 0.3 is 5.97 Å². The Balaban J connectivity index is 3.80. The second-order valence-electron chi connectivity index (χ2n) is 5.75. The van der Waals surface area contributed by atoms with Gasteiger partial charge in [0.1, 0.15) is 0 Å². The predicted molar refractivity (Wildman–Crippen MR) is 108 cm³/mol. The molecule has 0 aliphatic rings. The fourth-order valence-electron chi connectivity index (χ4n) is 1.90. The minimum absolute atomic E-state index is 0.0322. The van der Waals surface area contributed by atoms with Crippen LogP contribution in [0.5, 0.6) is 0 Å². The molecule has 26 heavy (non-hydrogen) atoms. The molecule has 0 saturated heterocycles. The monoisotopic (exact) mass is 360 g/mol. The molecule has 0 spiro atoms. The Morgan fingerprint density at radius 3 is 1.92 bits per heavy atom. The van der Waals surface area contributed by atoms with Crippen molar-refractivity contribution in [3.05, 3.63) is 72.9 Å². The highest BCUT2D eigenvalue weighted by atomic mass is 16.4. The molecule has 0 heterocycles. The van der Waals surface area contributed by atoms with Gasteiger partial charge in [0, 0.05) is 6.42 Å². The number of aliphatic hydroxyl groups is 2. The SMILES string of the molecule is CC/C=C\CC(O)/C=C/C=C\C/C=C\C/C=C\C=C\C(O)CCC(=O)O. The number of carbonyl (C=O) groups is 1. The number of rotatable bonds is 14. The van der Waals surface area contributed by atoms with Gasteiger partial charge in [0.25, 0.3) is 0 Å². The molecule has 0 aromatic heterocycles. The standard InChI is InChI=1S/C22H32O4/c1-2-3-12-15-20(23)16-13-10-8-6-4-5-7-9-11-14-17-21(24)18-19-22(25)26/h3-5,8-14,16-17,20-21,23-24H,2,6-7,15,18-19H2,1H3,(H,25,26)/b5-4-,10-8-,11-9-,12-3-,16-13+,17-14+. The van der Waals surface area contributed by atoms with Gasteiger partial charge in [-0.15, -0.1) is 0 Å². The summed E-state index contributed by atoms with van der Waals surface area (Å²) in [6, 6.07) is 0. The van der Waals surface area contributed by atoms with Crippen LogP contribution in [0.3, 0.4) is 0 Å². The van der Waals surface area contributed by atoms with E-state index in [2.05, 4.69) is 13.0 Å². The second-order valence-corrected chi connectivity index (χ2v) is 5.75. The van der Waals surface area contributed by atoms with Gasteiger partial charge in [0.15, 0.2) is 0 Å². The molecule has 0 aliphatic carbocycles. The minimum Gasteiger partial charge on any atom is -0.481 e. The average molecular weight is 360 g/mol. The quantitative estimate of drug-likeness (QED) is 0.315. The Morgan fingerprint density at radius 2 is 1.38 bits per heavy atom. The van der Waals surface area contributed by atoms with E-state index >= 15 is 0 Å². The maximum atomic E-state index is 10.4. The van der Waals surface area contributed by atoms with Gasteiger partial charge in [-0.1, -0.05) is 79.8 Å². The van der Waals surface area contributed by atoms with E-state index in [1.165, 1.54) is 0 Å². The van der Waals surface area contributed by atoms with Crippen LogP contribution in [0.1, 0.15) is 45.4 Å². The molecule has 0 radical (unpaired) electrons. The molecule has 0 aliphatic heterocycles.